The Hall–Kier alpha value is -1.83. The Morgan fingerprint density at radius 2 is 1.89 bits per heavy atom. The Balaban J connectivity index is 2.70. The highest BCUT2D eigenvalue weighted by molar-refractivity contribution is 7.95. The fourth-order valence-electron chi connectivity index (χ4n) is 1.93. The quantitative estimate of drug-likeness (QED) is 0.908. The summed E-state index contributed by atoms with van der Waals surface area (Å²) >= 11 is 0. The maximum Gasteiger partial charge on any atom is 0.417 e. The van der Waals surface area contributed by atoms with Gasteiger partial charge in [-0.25, -0.2) is 8.42 Å². The second-order valence-corrected chi connectivity index (χ2v) is 5.67. The lowest BCUT2D eigenvalue weighted by atomic mass is 10.0. The fourth-order valence-corrected chi connectivity index (χ4v) is 3.63. The van der Waals surface area contributed by atoms with Crippen molar-refractivity contribution in [2.75, 3.05) is 0 Å². The van der Waals surface area contributed by atoms with Gasteiger partial charge < -0.3 is 5.11 Å². The molecule has 1 aliphatic heterocycles. The third-order valence-corrected chi connectivity index (χ3v) is 4.19. The third-order valence-electron chi connectivity index (χ3n) is 2.59. The van der Waals surface area contributed by atoms with Gasteiger partial charge in [-0.05, 0) is 17.2 Å². The third kappa shape index (κ3) is 2.35. The van der Waals surface area contributed by atoms with E-state index in [2.05, 4.69) is 0 Å². The van der Waals surface area contributed by atoms with Crippen LogP contribution in [0.3, 0.4) is 0 Å². The first kappa shape index (κ1) is 13.6. The molecule has 1 aliphatic rings. The van der Waals surface area contributed by atoms with Gasteiger partial charge in [0.2, 0.25) is 9.84 Å². The van der Waals surface area contributed by atoms with Crippen molar-refractivity contribution in [2.24, 2.45) is 0 Å². The number of aliphatic carboxylic acids is 1. The topological polar surface area (TPSA) is 71.4 Å². The Kier molecular flexibility index (Phi) is 2.93. The van der Waals surface area contributed by atoms with Crippen molar-refractivity contribution in [3.63, 3.8) is 0 Å². The monoisotopic (exact) mass is 292 g/mol. The van der Waals surface area contributed by atoms with Crippen molar-refractivity contribution in [1.29, 1.82) is 0 Å². The molecule has 0 atom stereocenters. The predicted octanol–water partition coefficient (Wildman–Crippen LogP) is 2.31. The van der Waals surface area contributed by atoms with Crippen molar-refractivity contribution < 1.29 is 31.5 Å². The minimum atomic E-state index is -4.81. The van der Waals surface area contributed by atoms with E-state index in [9.17, 15) is 26.4 Å². The summed E-state index contributed by atoms with van der Waals surface area (Å²) in [6.45, 7) is 0. The fraction of sp³-hybridized carbons (Fsp3) is 0.182. The van der Waals surface area contributed by atoms with E-state index in [0.29, 0.717) is 11.5 Å². The second-order valence-electron chi connectivity index (χ2n) is 3.94. The van der Waals surface area contributed by atoms with E-state index in [-0.39, 0.29) is 11.1 Å². The van der Waals surface area contributed by atoms with Gasteiger partial charge in [0.05, 0.1) is 16.9 Å². The number of sulfone groups is 1. The van der Waals surface area contributed by atoms with Crippen LogP contribution in [0.4, 0.5) is 13.2 Å². The van der Waals surface area contributed by atoms with Gasteiger partial charge in [0, 0.05) is 5.41 Å². The zero-order valence-corrected chi connectivity index (χ0v) is 10.0. The highest BCUT2D eigenvalue weighted by Gasteiger charge is 2.41. The van der Waals surface area contributed by atoms with Crippen LogP contribution in [0.2, 0.25) is 0 Å². The van der Waals surface area contributed by atoms with E-state index >= 15 is 0 Å². The van der Waals surface area contributed by atoms with Gasteiger partial charge in [0.1, 0.15) is 0 Å². The van der Waals surface area contributed by atoms with Crippen molar-refractivity contribution in [3.8, 4) is 0 Å². The van der Waals surface area contributed by atoms with E-state index in [4.69, 9.17) is 5.11 Å². The minimum Gasteiger partial charge on any atom is -0.481 e. The summed E-state index contributed by atoms with van der Waals surface area (Å²) in [6, 6.07) is 2.88. The van der Waals surface area contributed by atoms with Crippen molar-refractivity contribution >= 4 is 21.4 Å². The molecular weight excluding hydrogens is 285 g/mol. The number of carboxylic acids is 1. The maximum absolute atomic E-state index is 12.8. The van der Waals surface area contributed by atoms with Crippen molar-refractivity contribution in [2.45, 2.75) is 17.5 Å². The number of fused-ring (bicyclic) bond motifs is 1. The number of hydrogen-bond acceptors (Lipinski definition) is 3. The van der Waals surface area contributed by atoms with Crippen LogP contribution in [0.25, 0.3) is 5.57 Å². The van der Waals surface area contributed by atoms with Gasteiger partial charge in [-0.15, -0.1) is 0 Å². The molecule has 0 saturated heterocycles. The molecule has 0 aromatic heterocycles. The van der Waals surface area contributed by atoms with Gasteiger partial charge >= 0.3 is 12.1 Å². The average molecular weight is 292 g/mol. The van der Waals surface area contributed by atoms with Gasteiger partial charge in [0.25, 0.3) is 0 Å². The number of carboxylic acid groups (broad SMARTS) is 1. The zero-order chi connectivity index (χ0) is 14.4. The van der Waals surface area contributed by atoms with Gasteiger partial charge in [0.15, 0.2) is 0 Å². The Morgan fingerprint density at radius 3 is 2.42 bits per heavy atom. The lowest BCUT2D eigenvalue weighted by Crippen LogP contribution is -2.11. The van der Waals surface area contributed by atoms with E-state index in [1.807, 2.05) is 0 Å². The largest absolute Gasteiger partial charge is 0.481 e. The molecule has 1 heterocycles. The second kappa shape index (κ2) is 4.09. The molecule has 102 valence electrons. The van der Waals surface area contributed by atoms with Crippen LogP contribution >= 0.6 is 0 Å². The molecule has 2 rings (SSSR count). The van der Waals surface area contributed by atoms with Crippen LogP contribution in [-0.2, 0) is 20.8 Å². The molecule has 8 heteroatoms. The highest BCUT2D eigenvalue weighted by Crippen LogP contribution is 2.43. The Labute approximate surface area is 106 Å². The van der Waals surface area contributed by atoms with E-state index in [1.54, 1.807) is 0 Å². The SMILES string of the molecule is O=C(O)CC1=CS(=O)(=O)c2c1cccc2C(F)(F)F. The molecule has 0 amide bonds. The summed E-state index contributed by atoms with van der Waals surface area (Å²) in [5.41, 5.74) is -1.62. The first-order valence-corrected chi connectivity index (χ1v) is 6.55. The standard InChI is InChI=1S/C11H7F3O4S/c12-11(13,14)8-3-1-2-7-6(4-9(15)16)5-19(17,18)10(7)8/h1-3,5H,4H2,(H,15,16). The normalized spacial score (nSPS) is 16.9. The number of alkyl halides is 3. The molecule has 0 saturated carbocycles. The Morgan fingerprint density at radius 1 is 1.26 bits per heavy atom. The molecule has 0 aliphatic carbocycles. The molecule has 0 unspecified atom stereocenters. The summed E-state index contributed by atoms with van der Waals surface area (Å²) in [4.78, 5) is 9.74. The summed E-state index contributed by atoms with van der Waals surface area (Å²) in [7, 11) is -4.26. The number of benzene rings is 1. The van der Waals surface area contributed by atoms with Gasteiger partial charge in [-0.3, -0.25) is 4.79 Å². The average Bonchev–Trinajstić information content (AvgIpc) is 2.48. The van der Waals surface area contributed by atoms with Crippen molar-refractivity contribution in [1.82, 2.24) is 0 Å². The smallest absolute Gasteiger partial charge is 0.417 e. The summed E-state index contributed by atoms with van der Waals surface area (Å²) in [5, 5.41) is 9.23. The molecule has 0 radical (unpaired) electrons. The molecule has 0 fully saturated rings. The number of halogens is 3. The zero-order valence-electron chi connectivity index (χ0n) is 9.23. The van der Waals surface area contributed by atoms with Crippen LogP contribution in [0.15, 0.2) is 28.5 Å². The summed E-state index contributed by atoms with van der Waals surface area (Å²) in [5.74, 6) is -1.31. The molecule has 1 aromatic rings. The lowest BCUT2D eigenvalue weighted by molar-refractivity contribution is -0.140. The van der Waals surface area contributed by atoms with E-state index in [1.165, 1.54) is 6.07 Å². The summed E-state index contributed by atoms with van der Waals surface area (Å²) in [6.07, 6.45) is -5.46. The molecule has 0 spiro atoms. The summed E-state index contributed by atoms with van der Waals surface area (Å²) < 4.78 is 61.8. The van der Waals surface area contributed by atoms with Crippen molar-refractivity contribution in [3.05, 3.63) is 34.7 Å². The lowest BCUT2D eigenvalue weighted by Gasteiger charge is -2.11. The maximum atomic E-state index is 12.8. The van der Waals surface area contributed by atoms with Gasteiger partial charge in [-0.2, -0.15) is 13.2 Å². The molecule has 19 heavy (non-hydrogen) atoms. The van der Waals surface area contributed by atoms with Crippen LogP contribution in [0.1, 0.15) is 17.5 Å². The minimum absolute atomic E-state index is 0.145. The first-order valence-electron chi connectivity index (χ1n) is 5.01. The molecule has 1 N–H and O–H groups in total. The molecule has 1 aromatic carbocycles. The number of carbonyl (C=O) groups is 1. The van der Waals surface area contributed by atoms with Crippen LogP contribution in [-0.4, -0.2) is 19.5 Å². The van der Waals surface area contributed by atoms with Crippen LogP contribution in [0, 0.1) is 0 Å². The van der Waals surface area contributed by atoms with Crippen LogP contribution in [0.5, 0.6) is 0 Å². The number of rotatable bonds is 2. The van der Waals surface area contributed by atoms with E-state index < -0.39 is 38.9 Å². The van der Waals surface area contributed by atoms with Crippen LogP contribution < -0.4 is 0 Å². The first-order chi connectivity index (χ1) is 8.63. The molecule has 0 bridgehead atoms. The number of hydrogen-bond donors (Lipinski definition) is 1. The Bertz CT molecular complexity index is 686. The van der Waals surface area contributed by atoms with Gasteiger partial charge in [-0.1, -0.05) is 12.1 Å². The predicted molar refractivity (Wildman–Crippen MR) is 58.9 cm³/mol. The van der Waals surface area contributed by atoms with E-state index in [0.717, 1.165) is 6.07 Å². The molecule has 4 nitrogen and oxygen atoms in total. The molecular formula is C11H7F3O4S. The highest BCUT2D eigenvalue weighted by atomic mass is 32.2.